The molecule has 0 heterocycles. The van der Waals surface area contributed by atoms with Crippen LogP contribution in [-0.2, 0) is 9.47 Å². The summed E-state index contributed by atoms with van der Waals surface area (Å²) in [6.07, 6.45) is 2.48. The molecule has 0 aliphatic rings. The fraction of sp³-hybridized carbons (Fsp3) is 1.00. The van der Waals surface area contributed by atoms with E-state index in [9.17, 15) is 0 Å². The molecule has 0 aliphatic carbocycles. The maximum Gasteiger partial charge on any atom is 0.0700 e. The molecule has 0 bridgehead atoms. The average molecular weight is 311 g/mol. The third kappa shape index (κ3) is 27.5. The Morgan fingerprint density at radius 2 is 0.895 bits per heavy atom. The maximum absolute atomic E-state index is 5.52. The summed E-state index contributed by atoms with van der Waals surface area (Å²) in [5, 5.41) is 0. The molecule has 0 aromatic rings. The molecule has 0 fully saturated rings. The first-order chi connectivity index (χ1) is 7.63. The Balaban J connectivity index is -0.000000375. The zero-order chi connectivity index (χ0) is 12.2. The second kappa shape index (κ2) is 20.7. The monoisotopic (exact) mass is 310 g/mol. The van der Waals surface area contributed by atoms with E-state index in [1.807, 2.05) is 0 Å². The summed E-state index contributed by atoms with van der Waals surface area (Å²) in [5.41, 5.74) is 0. The van der Waals surface area contributed by atoms with Crippen LogP contribution in [0.4, 0.5) is 0 Å². The molecule has 0 saturated carbocycles. The van der Waals surface area contributed by atoms with Gasteiger partial charge in [0, 0.05) is 30.8 Å². The standard InChI is InChI=1S/C12H30O2Si2.3CH4/c1-15(2)11-5-7-13-9-10-14-8-6-12-16(3)4;;;/h15-16H,5-12H2,1-4H3;3*1H4. The van der Waals surface area contributed by atoms with Gasteiger partial charge in [-0.2, -0.15) is 0 Å². The van der Waals surface area contributed by atoms with Crippen molar-refractivity contribution in [1.82, 2.24) is 0 Å². The predicted molar refractivity (Wildman–Crippen MR) is 98.4 cm³/mol. The number of hydrogen-bond acceptors (Lipinski definition) is 2. The summed E-state index contributed by atoms with van der Waals surface area (Å²) in [4.78, 5) is 0. The number of ether oxygens (including phenoxy) is 2. The van der Waals surface area contributed by atoms with Crippen molar-refractivity contribution in [2.75, 3.05) is 26.4 Å². The van der Waals surface area contributed by atoms with E-state index in [0.717, 1.165) is 26.4 Å². The van der Waals surface area contributed by atoms with Gasteiger partial charge in [0.15, 0.2) is 0 Å². The molecule has 0 aromatic carbocycles. The molecular formula is C15H42O2Si2. The second-order valence-electron chi connectivity index (χ2n) is 5.30. The lowest BCUT2D eigenvalue weighted by atomic mass is 10.5. The Kier molecular flexibility index (Phi) is 30.1. The van der Waals surface area contributed by atoms with Gasteiger partial charge in [0.1, 0.15) is 0 Å². The minimum Gasteiger partial charge on any atom is -0.379 e. The zero-order valence-electron chi connectivity index (χ0n) is 11.6. The van der Waals surface area contributed by atoms with Gasteiger partial charge in [-0.05, 0) is 12.8 Å². The molecule has 0 amide bonds. The third-order valence-corrected chi connectivity index (χ3v) is 5.64. The SMILES string of the molecule is C.C.C.C[SiH](C)CCCOCCOCCC[SiH](C)C. The molecule has 0 radical (unpaired) electrons. The molecule has 0 unspecified atom stereocenters. The van der Waals surface area contributed by atoms with E-state index < -0.39 is 0 Å². The van der Waals surface area contributed by atoms with Crippen molar-refractivity contribution in [2.24, 2.45) is 0 Å². The molecule has 122 valence electrons. The molecule has 0 aromatic heterocycles. The van der Waals surface area contributed by atoms with Crippen LogP contribution in [0.1, 0.15) is 35.1 Å². The van der Waals surface area contributed by atoms with E-state index in [1.165, 1.54) is 24.9 Å². The molecule has 4 heteroatoms. The van der Waals surface area contributed by atoms with E-state index in [2.05, 4.69) is 26.2 Å². The minimum atomic E-state index is -0.362. The Morgan fingerprint density at radius 3 is 1.16 bits per heavy atom. The van der Waals surface area contributed by atoms with Crippen molar-refractivity contribution in [1.29, 1.82) is 0 Å². The smallest absolute Gasteiger partial charge is 0.0700 e. The van der Waals surface area contributed by atoms with E-state index in [-0.39, 0.29) is 39.9 Å². The molecule has 2 nitrogen and oxygen atoms in total. The summed E-state index contributed by atoms with van der Waals surface area (Å²) < 4.78 is 11.0. The predicted octanol–water partition coefficient (Wildman–Crippen LogP) is 4.68. The van der Waals surface area contributed by atoms with Crippen LogP contribution < -0.4 is 0 Å². The highest BCUT2D eigenvalue weighted by molar-refractivity contribution is 6.55. The summed E-state index contributed by atoms with van der Waals surface area (Å²) in [6, 6.07) is 2.81. The van der Waals surface area contributed by atoms with Crippen molar-refractivity contribution in [3.63, 3.8) is 0 Å². The molecule has 0 rings (SSSR count). The van der Waals surface area contributed by atoms with Crippen molar-refractivity contribution >= 4 is 17.6 Å². The second-order valence-corrected chi connectivity index (χ2v) is 12.0. The molecule has 0 spiro atoms. The first-order valence-electron chi connectivity index (χ1n) is 6.78. The summed E-state index contributed by atoms with van der Waals surface area (Å²) >= 11 is 0. The Morgan fingerprint density at radius 1 is 0.579 bits per heavy atom. The largest absolute Gasteiger partial charge is 0.379 e. The van der Waals surface area contributed by atoms with Crippen LogP contribution in [-0.4, -0.2) is 44.0 Å². The fourth-order valence-electron chi connectivity index (χ4n) is 1.51. The number of rotatable bonds is 11. The van der Waals surface area contributed by atoms with Crippen LogP contribution in [0.25, 0.3) is 0 Å². The minimum absolute atomic E-state index is 0. The third-order valence-electron chi connectivity index (χ3n) is 2.51. The molecule has 0 N–H and O–H groups in total. The van der Waals surface area contributed by atoms with Crippen molar-refractivity contribution in [3.8, 4) is 0 Å². The zero-order valence-corrected chi connectivity index (χ0v) is 13.9. The number of hydrogen-bond donors (Lipinski definition) is 0. The fourth-order valence-corrected chi connectivity index (χ4v) is 3.48. The highest BCUT2D eigenvalue weighted by Crippen LogP contribution is 1.98. The van der Waals surface area contributed by atoms with E-state index >= 15 is 0 Å². The van der Waals surface area contributed by atoms with E-state index in [0.29, 0.717) is 0 Å². The Labute approximate surface area is 127 Å². The van der Waals surface area contributed by atoms with E-state index in [4.69, 9.17) is 9.47 Å². The molecule has 0 saturated heterocycles. The van der Waals surface area contributed by atoms with Gasteiger partial charge in [-0.1, -0.05) is 60.6 Å². The van der Waals surface area contributed by atoms with Crippen LogP contribution in [0.5, 0.6) is 0 Å². The van der Waals surface area contributed by atoms with Gasteiger partial charge in [-0.3, -0.25) is 0 Å². The van der Waals surface area contributed by atoms with Gasteiger partial charge in [0.2, 0.25) is 0 Å². The summed E-state index contributed by atoms with van der Waals surface area (Å²) in [5.74, 6) is 0. The lowest BCUT2D eigenvalue weighted by Crippen LogP contribution is -2.09. The van der Waals surface area contributed by atoms with Crippen molar-refractivity contribution < 1.29 is 9.47 Å². The Bertz CT molecular complexity index is 126. The summed E-state index contributed by atoms with van der Waals surface area (Å²) in [6.45, 7) is 13.0. The summed E-state index contributed by atoms with van der Waals surface area (Å²) in [7, 11) is -0.724. The van der Waals surface area contributed by atoms with Crippen LogP contribution >= 0.6 is 0 Å². The highest BCUT2D eigenvalue weighted by atomic mass is 28.3. The van der Waals surface area contributed by atoms with Gasteiger partial charge in [-0.15, -0.1) is 0 Å². The van der Waals surface area contributed by atoms with Gasteiger partial charge >= 0.3 is 0 Å². The van der Waals surface area contributed by atoms with Crippen LogP contribution in [0, 0.1) is 0 Å². The first-order valence-corrected chi connectivity index (χ1v) is 13.0. The molecule has 19 heavy (non-hydrogen) atoms. The maximum atomic E-state index is 5.52. The van der Waals surface area contributed by atoms with Gasteiger partial charge < -0.3 is 9.47 Å². The van der Waals surface area contributed by atoms with Crippen LogP contribution in [0.2, 0.25) is 38.3 Å². The topological polar surface area (TPSA) is 18.5 Å². The van der Waals surface area contributed by atoms with Crippen LogP contribution in [0.3, 0.4) is 0 Å². The molecular weight excluding hydrogens is 268 g/mol. The quantitative estimate of drug-likeness (QED) is 0.407. The average Bonchev–Trinajstić information content (AvgIpc) is 2.20. The van der Waals surface area contributed by atoms with Crippen molar-refractivity contribution in [2.45, 2.75) is 73.4 Å². The van der Waals surface area contributed by atoms with E-state index in [1.54, 1.807) is 0 Å². The lowest BCUT2D eigenvalue weighted by Gasteiger charge is -2.07. The van der Waals surface area contributed by atoms with Crippen LogP contribution in [0.15, 0.2) is 0 Å². The molecule has 0 atom stereocenters. The molecule has 0 aliphatic heterocycles. The normalized spacial score (nSPS) is 9.79. The van der Waals surface area contributed by atoms with Crippen molar-refractivity contribution in [3.05, 3.63) is 0 Å². The highest BCUT2D eigenvalue weighted by Gasteiger charge is 1.97. The van der Waals surface area contributed by atoms with Gasteiger partial charge in [0.05, 0.1) is 13.2 Å². The Hall–Kier alpha value is 0.354. The van der Waals surface area contributed by atoms with Gasteiger partial charge in [0.25, 0.3) is 0 Å². The lowest BCUT2D eigenvalue weighted by molar-refractivity contribution is 0.0482. The first kappa shape index (κ1) is 27.7. The van der Waals surface area contributed by atoms with Gasteiger partial charge in [-0.25, -0.2) is 0 Å².